The number of nitrogens with one attached hydrogen (secondary N) is 2. The Morgan fingerprint density at radius 3 is 2.61 bits per heavy atom. The first-order valence-corrected chi connectivity index (χ1v) is 10.7. The van der Waals surface area contributed by atoms with Gasteiger partial charge in [0.1, 0.15) is 5.82 Å². The minimum atomic E-state index is -0.263. The fourth-order valence-electron chi connectivity index (χ4n) is 3.57. The van der Waals surface area contributed by atoms with Gasteiger partial charge in [0, 0.05) is 42.2 Å². The van der Waals surface area contributed by atoms with Crippen LogP contribution in [0.3, 0.4) is 0 Å². The second kappa shape index (κ2) is 9.40. The van der Waals surface area contributed by atoms with Gasteiger partial charge in [0.05, 0.1) is 11.3 Å². The molecule has 0 fully saturated rings. The number of amides is 1. The molecule has 0 saturated heterocycles. The van der Waals surface area contributed by atoms with Crippen LogP contribution in [0.4, 0.5) is 11.5 Å². The average Bonchev–Trinajstić information content (AvgIpc) is 3.33. The minimum absolute atomic E-state index is 0.182. The number of benzene rings is 2. The summed E-state index contributed by atoms with van der Waals surface area (Å²) in [5, 5.41) is 6.25. The molecule has 1 amide bonds. The third-order valence-electron chi connectivity index (χ3n) is 5.24. The van der Waals surface area contributed by atoms with E-state index in [1.807, 2.05) is 54.6 Å². The molecular weight excluding hydrogens is 416 g/mol. The molecule has 3 heterocycles. The molecule has 0 spiro atoms. The van der Waals surface area contributed by atoms with Crippen molar-refractivity contribution in [3.8, 4) is 22.8 Å². The number of rotatable bonds is 7. The summed E-state index contributed by atoms with van der Waals surface area (Å²) in [7, 11) is 0. The standard InChI is InChI=1S/C26H22N4O3/c31-26(29-20-9-12-23-24(16-20)33-17-32-23)21-10-11-22(18-6-2-1-3-7-18)30-25(21)28-15-13-19-8-4-5-14-27-19/h1-12,14,16H,13,15,17H2,(H,28,30)(H,29,31). The lowest BCUT2D eigenvalue weighted by Gasteiger charge is -2.13. The Morgan fingerprint density at radius 2 is 1.76 bits per heavy atom. The molecule has 5 rings (SSSR count). The van der Waals surface area contributed by atoms with Crippen LogP contribution in [-0.2, 0) is 6.42 Å². The van der Waals surface area contributed by atoms with Crippen LogP contribution in [0.2, 0.25) is 0 Å². The molecule has 7 nitrogen and oxygen atoms in total. The van der Waals surface area contributed by atoms with Crippen LogP contribution in [0.15, 0.2) is 85.1 Å². The summed E-state index contributed by atoms with van der Waals surface area (Å²) in [5.74, 6) is 1.53. The smallest absolute Gasteiger partial charge is 0.259 e. The van der Waals surface area contributed by atoms with Crippen molar-refractivity contribution in [2.24, 2.45) is 0 Å². The summed E-state index contributed by atoms with van der Waals surface area (Å²) >= 11 is 0. The molecule has 0 unspecified atom stereocenters. The van der Waals surface area contributed by atoms with Crippen molar-refractivity contribution >= 4 is 17.4 Å². The summed E-state index contributed by atoms with van der Waals surface area (Å²) in [6.07, 6.45) is 2.48. The van der Waals surface area contributed by atoms with Crippen LogP contribution in [0.1, 0.15) is 16.1 Å². The van der Waals surface area contributed by atoms with Gasteiger partial charge in [-0.25, -0.2) is 4.98 Å². The maximum atomic E-state index is 13.1. The van der Waals surface area contributed by atoms with Crippen LogP contribution in [0.5, 0.6) is 11.5 Å². The lowest BCUT2D eigenvalue weighted by Crippen LogP contribution is -2.17. The van der Waals surface area contributed by atoms with Gasteiger partial charge in [0.2, 0.25) is 6.79 Å². The predicted octanol–water partition coefficient (Wildman–Crippen LogP) is 4.78. The molecule has 0 saturated carbocycles. The van der Waals surface area contributed by atoms with Crippen molar-refractivity contribution in [3.63, 3.8) is 0 Å². The third-order valence-corrected chi connectivity index (χ3v) is 5.24. The first-order valence-electron chi connectivity index (χ1n) is 10.7. The molecule has 1 aliphatic heterocycles. The van der Waals surface area contributed by atoms with E-state index < -0.39 is 0 Å². The van der Waals surface area contributed by atoms with Crippen molar-refractivity contribution in [3.05, 3.63) is 96.3 Å². The van der Waals surface area contributed by atoms with Crippen LogP contribution in [0.25, 0.3) is 11.3 Å². The van der Waals surface area contributed by atoms with E-state index in [0.717, 1.165) is 17.0 Å². The summed E-state index contributed by atoms with van der Waals surface area (Å²) in [5.41, 5.74) is 3.81. The molecule has 0 aliphatic carbocycles. The van der Waals surface area contributed by atoms with Gasteiger partial charge >= 0.3 is 0 Å². The molecule has 1 aliphatic rings. The normalized spacial score (nSPS) is 11.8. The molecule has 2 aromatic carbocycles. The van der Waals surface area contributed by atoms with E-state index in [4.69, 9.17) is 14.5 Å². The second-order valence-corrected chi connectivity index (χ2v) is 7.48. The molecule has 0 bridgehead atoms. The molecule has 0 atom stereocenters. The summed E-state index contributed by atoms with van der Waals surface area (Å²) in [4.78, 5) is 22.3. The fourth-order valence-corrected chi connectivity index (χ4v) is 3.57. The lowest BCUT2D eigenvalue weighted by atomic mass is 10.1. The second-order valence-electron chi connectivity index (χ2n) is 7.48. The van der Waals surface area contributed by atoms with Gasteiger partial charge in [-0.2, -0.15) is 0 Å². The van der Waals surface area contributed by atoms with Gasteiger partial charge in [-0.15, -0.1) is 0 Å². The number of hydrogen-bond acceptors (Lipinski definition) is 6. The monoisotopic (exact) mass is 438 g/mol. The van der Waals surface area contributed by atoms with E-state index in [9.17, 15) is 4.79 Å². The quantitative estimate of drug-likeness (QED) is 0.432. The Labute approximate surface area is 191 Å². The zero-order valence-electron chi connectivity index (χ0n) is 17.8. The van der Waals surface area contributed by atoms with E-state index in [-0.39, 0.29) is 12.7 Å². The first-order chi connectivity index (χ1) is 16.3. The Hall–Kier alpha value is -4.39. The third kappa shape index (κ3) is 4.77. The Balaban J connectivity index is 1.39. The summed E-state index contributed by atoms with van der Waals surface area (Å²) < 4.78 is 10.7. The number of aromatic nitrogens is 2. The van der Waals surface area contributed by atoms with Crippen molar-refractivity contribution in [2.45, 2.75) is 6.42 Å². The van der Waals surface area contributed by atoms with Crippen molar-refractivity contribution in [2.75, 3.05) is 24.0 Å². The maximum absolute atomic E-state index is 13.1. The highest BCUT2D eigenvalue weighted by Crippen LogP contribution is 2.34. The lowest BCUT2D eigenvalue weighted by molar-refractivity contribution is 0.102. The van der Waals surface area contributed by atoms with Gasteiger partial charge in [0.25, 0.3) is 5.91 Å². The molecule has 7 heteroatoms. The van der Waals surface area contributed by atoms with Gasteiger partial charge in [-0.05, 0) is 36.4 Å². The zero-order valence-corrected chi connectivity index (χ0v) is 17.8. The first kappa shape index (κ1) is 20.5. The number of fused-ring (bicyclic) bond motifs is 1. The average molecular weight is 438 g/mol. The highest BCUT2D eigenvalue weighted by Gasteiger charge is 2.17. The van der Waals surface area contributed by atoms with Gasteiger partial charge in [-0.3, -0.25) is 9.78 Å². The molecule has 4 aromatic rings. The molecule has 164 valence electrons. The van der Waals surface area contributed by atoms with Gasteiger partial charge in [0.15, 0.2) is 11.5 Å². The van der Waals surface area contributed by atoms with Crippen molar-refractivity contribution in [1.82, 2.24) is 9.97 Å². The highest BCUT2D eigenvalue weighted by atomic mass is 16.7. The maximum Gasteiger partial charge on any atom is 0.259 e. The van der Waals surface area contributed by atoms with Crippen molar-refractivity contribution in [1.29, 1.82) is 0 Å². The molecule has 0 radical (unpaired) electrons. The highest BCUT2D eigenvalue weighted by molar-refractivity contribution is 6.07. The van der Waals surface area contributed by atoms with E-state index in [2.05, 4.69) is 15.6 Å². The molecule has 2 N–H and O–H groups in total. The number of carbonyl (C=O) groups is 1. The Bertz CT molecular complexity index is 1260. The number of pyridine rings is 2. The fraction of sp³-hybridized carbons (Fsp3) is 0.115. The van der Waals surface area contributed by atoms with Gasteiger partial charge in [-0.1, -0.05) is 36.4 Å². The minimum Gasteiger partial charge on any atom is -0.454 e. The van der Waals surface area contributed by atoms with E-state index in [1.54, 1.807) is 30.5 Å². The molecular formula is C26H22N4O3. The van der Waals surface area contributed by atoms with E-state index in [0.29, 0.717) is 41.5 Å². The van der Waals surface area contributed by atoms with Crippen LogP contribution in [0, 0.1) is 0 Å². The van der Waals surface area contributed by atoms with E-state index >= 15 is 0 Å². The van der Waals surface area contributed by atoms with Crippen LogP contribution < -0.4 is 20.1 Å². The topological polar surface area (TPSA) is 85.4 Å². The Kier molecular flexibility index (Phi) is 5.84. The number of ether oxygens (including phenoxy) is 2. The largest absolute Gasteiger partial charge is 0.454 e. The number of anilines is 2. The summed E-state index contributed by atoms with van der Waals surface area (Å²) in [6.45, 7) is 0.772. The molecule has 33 heavy (non-hydrogen) atoms. The van der Waals surface area contributed by atoms with E-state index in [1.165, 1.54) is 0 Å². The van der Waals surface area contributed by atoms with Crippen LogP contribution >= 0.6 is 0 Å². The van der Waals surface area contributed by atoms with Gasteiger partial charge < -0.3 is 20.1 Å². The number of nitrogens with zero attached hydrogens (tertiary/aromatic N) is 2. The number of hydrogen-bond donors (Lipinski definition) is 2. The summed E-state index contributed by atoms with van der Waals surface area (Å²) in [6, 6.07) is 24.7. The SMILES string of the molecule is O=C(Nc1ccc2c(c1)OCO2)c1ccc(-c2ccccc2)nc1NCCc1ccccn1. The zero-order chi connectivity index (χ0) is 22.5. The number of carbonyl (C=O) groups excluding carboxylic acids is 1. The predicted molar refractivity (Wildman–Crippen MR) is 127 cm³/mol. The van der Waals surface area contributed by atoms with Crippen LogP contribution in [-0.4, -0.2) is 29.2 Å². The van der Waals surface area contributed by atoms with Crippen molar-refractivity contribution < 1.29 is 14.3 Å². The molecule has 2 aromatic heterocycles. The Morgan fingerprint density at radius 1 is 0.909 bits per heavy atom.